The molecule has 1 aliphatic rings. The van der Waals surface area contributed by atoms with Crippen LogP contribution < -0.4 is 4.90 Å². The number of anilines is 1. The molecular weight excluding hydrogens is 217 g/mol. The summed E-state index contributed by atoms with van der Waals surface area (Å²) in [5.74, 6) is -0.235. The maximum atomic E-state index is 14.0. The van der Waals surface area contributed by atoms with Gasteiger partial charge in [0, 0.05) is 18.7 Å². The largest absolute Gasteiger partial charge is 0.389 e. The number of halogens is 1. The van der Waals surface area contributed by atoms with Crippen LogP contribution in [0, 0.1) is 11.2 Å². The van der Waals surface area contributed by atoms with Crippen molar-refractivity contribution in [3.05, 3.63) is 29.6 Å². The maximum absolute atomic E-state index is 14.0. The summed E-state index contributed by atoms with van der Waals surface area (Å²) in [6.07, 6.45) is 0.421. The quantitative estimate of drug-likeness (QED) is 0.854. The lowest BCUT2D eigenvalue weighted by Crippen LogP contribution is -2.25. The molecule has 2 nitrogen and oxygen atoms in total. The second kappa shape index (κ2) is 4.30. The second-order valence-corrected chi connectivity index (χ2v) is 5.69. The molecule has 0 radical (unpaired) electrons. The van der Waals surface area contributed by atoms with Crippen molar-refractivity contribution in [2.45, 2.75) is 33.3 Å². The van der Waals surface area contributed by atoms with Crippen molar-refractivity contribution in [2.24, 2.45) is 5.41 Å². The standard InChI is InChI=1S/C14H20FNO/c1-10(17)11-5-4-6-12(15)13(11)16-8-7-14(2,3)9-16/h4-6,10,17H,7-9H2,1-3H3. The van der Waals surface area contributed by atoms with E-state index in [1.165, 1.54) is 6.07 Å². The van der Waals surface area contributed by atoms with E-state index < -0.39 is 6.10 Å². The van der Waals surface area contributed by atoms with Crippen molar-refractivity contribution in [3.8, 4) is 0 Å². The molecule has 0 spiro atoms. The van der Waals surface area contributed by atoms with Crippen LogP contribution in [0.2, 0.25) is 0 Å². The van der Waals surface area contributed by atoms with Gasteiger partial charge in [-0.15, -0.1) is 0 Å². The molecule has 1 saturated heterocycles. The molecule has 1 heterocycles. The highest BCUT2D eigenvalue weighted by atomic mass is 19.1. The first-order valence-electron chi connectivity index (χ1n) is 6.12. The van der Waals surface area contributed by atoms with E-state index in [4.69, 9.17) is 0 Å². The zero-order valence-corrected chi connectivity index (χ0v) is 10.7. The first kappa shape index (κ1) is 12.4. The zero-order chi connectivity index (χ0) is 12.6. The van der Waals surface area contributed by atoms with Gasteiger partial charge in [0.1, 0.15) is 5.82 Å². The van der Waals surface area contributed by atoms with E-state index in [-0.39, 0.29) is 11.2 Å². The van der Waals surface area contributed by atoms with Crippen molar-refractivity contribution >= 4 is 5.69 Å². The Labute approximate surface area is 102 Å². The Morgan fingerprint density at radius 3 is 2.65 bits per heavy atom. The summed E-state index contributed by atoms with van der Waals surface area (Å²) in [6, 6.07) is 4.92. The molecule has 0 aliphatic carbocycles. The SMILES string of the molecule is CC(O)c1cccc(F)c1N1CCC(C)(C)C1. The van der Waals surface area contributed by atoms with Crippen molar-refractivity contribution in [1.82, 2.24) is 0 Å². The Balaban J connectivity index is 2.38. The number of hydrogen-bond acceptors (Lipinski definition) is 2. The molecule has 0 aromatic heterocycles. The van der Waals surface area contributed by atoms with Crippen LogP contribution in [0.3, 0.4) is 0 Å². The number of aliphatic hydroxyl groups excluding tert-OH is 1. The molecule has 1 atom stereocenters. The first-order valence-corrected chi connectivity index (χ1v) is 6.12. The molecule has 3 heteroatoms. The number of nitrogens with zero attached hydrogens (tertiary/aromatic N) is 1. The van der Waals surface area contributed by atoms with Crippen LogP contribution in [0.1, 0.15) is 38.9 Å². The van der Waals surface area contributed by atoms with Gasteiger partial charge in [-0.25, -0.2) is 4.39 Å². The average molecular weight is 237 g/mol. The van der Waals surface area contributed by atoms with Crippen molar-refractivity contribution in [1.29, 1.82) is 0 Å². The number of para-hydroxylation sites is 1. The monoisotopic (exact) mass is 237 g/mol. The number of rotatable bonds is 2. The third kappa shape index (κ3) is 2.44. The Kier molecular flexibility index (Phi) is 3.13. The third-order valence-corrected chi connectivity index (χ3v) is 3.46. The van der Waals surface area contributed by atoms with E-state index in [1.54, 1.807) is 19.1 Å². The van der Waals surface area contributed by atoms with Crippen molar-refractivity contribution in [3.63, 3.8) is 0 Å². The lowest BCUT2D eigenvalue weighted by atomic mass is 9.93. The molecule has 17 heavy (non-hydrogen) atoms. The van der Waals surface area contributed by atoms with Gasteiger partial charge < -0.3 is 10.0 Å². The Morgan fingerprint density at radius 2 is 2.12 bits per heavy atom. The summed E-state index contributed by atoms with van der Waals surface area (Å²) in [5.41, 5.74) is 1.48. The molecule has 1 aromatic rings. The summed E-state index contributed by atoms with van der Waals surface area (Å²) < 4.78 is 14.0. The Hall–Kier alpha value is -1.09. The fourth-order valence-electron chi connectivity index (χ4n) is 2.51. The minimum Gasteiger partial charge on any atom is -0.389 e. The van der Waals surface area contributed by atoms with Crippen LogP contribution in [0.4, 0.5) is 10.1 Å². The van der Waals surface area contributed by atoms with Gasteiger partial charge in [0.15, 0.2) is 0 Å². The van der Waals surface area contributed by atoms with Crippen LogP contribution in [0.15, 0.2) is 18.2 Å². The van der Waals surface area contributed by atoms with Crippen molar-refractivity contribution < 1.29 is 9.50 Å². The zero-order valence-electron chi connectivity index (χ0n) is 10.7. The summed E-state index contributed by atoms with van der Waals surface area (Å²) >= 11 is 0. The lowest BCUT2D eigenvalue weighted by Gasteiger charge is -2.25. The molecule has 1 N–H and O–H groups in total. The normalized spacial score (nSPS) is 20.6. The molecule has 1 aliphatic heterocycles. The molecule has 0 amide bonds. The van der Waals surface area contributed by atoms with E-state index in [0.717, 1.165) is 19.5 Å². The topological polar surface area (TPSA) is 23.5 Å². The van der Waals surface area contributed by atoms with Crippen LogP contribution in [-0.4, -0.2) is 18.2 Å². The molecule has 0 saturated carbocycles. The average Bonchev–Trinajstić information content (AvgIpc) is 2.58. The molecule has 2 rings (SSSR count). The van der Waals surface area contributed by atoms with E-state index in [2.05, 4.69) is 18.7 Å². The number of aliphatic hydroxyl groups is 1. The van der Waals surface area contributed by atoms with Gasteiger partial charge in [0.25, 0.3) is 0 Å². The van der Waals surface area contributed by atoms with Gasteiger partial charge in [-0.2, -0.15) is 0 Å². The van der Waals surface area contributed by atoms with Gasteiger partial charge in [-0.1, -0.05) is 26.0 Å². The van der Waals surface area contributed by atoms with E-state index in [0.29, 0.717) is 11.3 Å². The van der Waals surface area contributed by atoms with Crippen LogP contribution in [-0.2, 0) is 0 Å². The third-order valence-electron chi connectivity index (χ3n) is 3.46. The summed E-state index contributed by atoms with van der Waals surface area (Å²) in [7, 11) is 0. The lowest BCUT2D eigenvalue weighted by molar-refractivity contribution is 0.199. The highest BCUT2D eigenvalue weighted by Crippen LogP contribution is 2.37. The summed E-state index contributed by atoms with van der Waals surface area (Å²) in [5, 5.41) is 9.73. The van der Waals surface area contributed by atoms with E-state index >= 15 is 0 Å². The molecule has 1 unspecified atom stereocenters. The first-order chi connectivity index (χ1) is 7.91. The van der Waals surface area contributed by atoms with Gasteiger partial charge in [0.2, 0.25) is 0 Å². The van der Waals surface area contributed by atoms with Gasteiger partial charge >= 0.3 is 0 Å². The van der Waals surface area contributed by atoms with Crippen LogP contribution >= 0.6 is 0 Å². The highest BCUT2D eigenvalue weighted by molar-refractivity contribution is 5.56. The minimum absolute atomic E-state index is 0.220. The van der Waals surface area contributed by atoms with E-state index in [9.17, 15) is 9.50 Å². The molecule has 94 valence electrons. The fourth-order valence-corrected chi connectivity index (χ4v) is 2.51. The molecular formula is C14H20FNO. The Morgan fingerprint density at radius 1 is 1.41 bits per heavy atom. The second-order valence-electron chi connectivity index (χ2n) is 5.69. The van der Waals surface area contributed by atoms with Crippen molar-refractivity contribution in [2.75, 3.05) is 18.0 Å². The van der Waals surface area contributed by atoms with Gasteiger partial charge in [-0.3, -0.25) is 0 Å². The molecule has 1 fully saturated rings. The van der Waals surface area contributed by atoms with Crippen LogP contribution in [0.25, 0.3) is 0 Å². The molecule has 0 bridgehead atoms. The van der Waals surface area contributed by atoms with Gasteiger partial charge in [0.05, 0.1) is 11.8 Å². The summed E-state index contributed by atoms with van der Waals surface area (Å²) in [6.45, 7) is 7.76. The smallest absolute Gasteiger partial charge is 0.146 e. The van der Waals surface area contributed by atoms with Crippen LogP contribution in [0.5, 0.6) is 0 Å². The predicted molar refractivity (Wildman–Crippen MR) is 67.6 cm³/mol. The molecule has 1 aromatic carbocycles. The van der Waals surface area contributed by atoms with Gasteiger partial charge in [-0.05, 0) is 24.8 Å². The fraction of sp³-hybridized carbons (Fsp3) is 0.571. The predicted octanol–water partition coefficient (Wildman–Crippen LogP) is 3.12. The van der Waals surface area contributed by atoms with E-state index in [1.807, 2.05) is 0 Å². The number of hydrogen-bond donors (Lipinski definition) is 1. The maximum Gasteiger partial charge on any atom is 0.146 e. The Bertz CT molecular complexity index is 415. The highest BCUT2D eigenvalue weighted by Gasteiger charge is 2.32. The minimum atomic E-state index is -0.635. The number of benzene rings is 1. The summed E-state index contributed by atoms with van der Waals surface area (Å²) in [4.78, 5) is 2.05.